The molecule has 0 aliphatic carbocycles. The van der Waals surface area contributed by atoms with Crippen LogP contribution in [-0.2, 0) is 19.2 Å². The first kappa shape index (κ1) is 26.5. The highest BCUT2D eigenvalue weighted by atomic mass is 32.2. The van der Waals surface area contributed by atoms with E-state index in [2.05, 4.69) is 10.6 Å². The maximum absolute atomic E-state index is 14.2. The van der Waals surface area contributed by atoms with Gasteiger partial charge < -0.3 is 25.5 Å². The Morgan fingerprint density at radius 2 is 1.94 bits per heavy atom. The molecule has 0 bridgehead atoms. The van der Waals surface area contributed by atoms with E-state index in [9.17, 15) is 28.7 Å². The van der Waals surface area contributed by atoms with Crippen molar-refractivity contribution in [1.82, 2.24) is 20.4 Å². The summed E-state index contributed by atoms with van der Waals surface area (Å²) >= 11 is 1.41. The maximum atomic E-state index is 14.2. The van der Waals surface area contributed by atoms with E-state index < -0.39 is 36.0 Å². The summed E-state index contributed by atoms with van der Waals surface area (Å²) in [6.07, 6.45) is -0.991. The number of fused-ring (bicyclic) bond motifs is 1. The van der Waals surface area contributed by atoms with Crippen molar-refractivity contribution >= 4 is 35.5 Å². The van der Waals surface area contributed by atoms with Gasteiger partial charge in [0.1, 0.15) is 5.70 Å². The quantitative estimate of drug-likeness (QED) is 0.409. The lowest BCUT2D eigenvalue weighted by atomic mass is 9.78. The molecule has 0 aromatic carbocycles. The minimum Gasteiger partial charge on any atom is -0.477 e. The van der Waals surface area contributed by atoms with Gasteiger partial charge in [-0.3, -0.25) is 14.4 Å². The van der Waals surface area contributed by atoms with Crippen LogP contribution < -0.4 is 10.6 Å². The molecule has 3 aliphatic rings. The second-order valence-corrected chi connectivity index (χ2v) is 11.4. The minimum absolute atomic E-state index is 0.00610. The van der Waals surface area contributed by atoms with Gasteiger partial charge in [0.25, 0.3) is 5.91 Å². The highest BCUT2D eigenvalue weighted by molar-refractivity contribution is 8.03. The zero-order valence-electron chi connectivity index (χ0n) is 20.5. The second-order valence-electron chi connectivity index (χ2n) is 10.1. The Labute approximate surface area is 203 Å². The number of β-lactam (4-membered cyclic amide) rings is 1. The summed E-state index contributed by atoms with van der Waals surface area (Å²) in [7, 11) is 3.39. The van der Waals surface area contributed by atoms with Gasteiger partial charge in [0.2, 0.25) is 11.8 Å². The summed E-state index contributed by atoms with van der Waals surface area (Å²) in [5, 5.41) is 15.7. The molecule has 1 unspecified atom stereocenters. The number of halogens is 1. The predicted octanol–water partition coefficient (Wildman–Crippen LogP) is 1.20. The van der Waals surface area contributed by atoms with E-state index in [1.807, 2.05) is 20.8 Å². The van der Waals surface area contributed by atoms with Crippen LogP contribution in [-0.4, -0.2) is 88.8 Å². The first-order chi connectivity index (χ1) is 15.8. The number of aliphatic carboxylic acids is 1. The number of carbonyl (C=O) groups excluding carboxylic acids is 3. The van der Waals surface area contributed by atoms with Crippen LogP contribution in [0.2, 0.25) is 0 Å². The third-order valence-electron chi connectivity index (χ3n) is 6.79. The van der Waals surface area contributed by atoms with Crippen molar-refractivity contribution in [1.29, 1.82) is 0 Å². The molecule has 3 heterocycles. The zero-order chi connectivity index (χ0) is 25.5. The molecule has 0 saturated carbocycles. The number of carboxylic acid groups (broad SMARTS) is 1. The Balaban J connectivity index is 1.71. The molecule has 7 atom stereocenters. The number of amides is 3. The number of hydrogen-bond acceptors (Lipinski definition) is 6. The van der Waals surface area contributed by atoms with E-state index in [0.29, 0.717) is 17.9 Å². The molecule has 34 heavy (non-hydrogen) atoms. The molecule has 0 aromatic heterocycles. The van der Waals surface area contributed by atoms with Gasteiger partial charge in [0.05, 0.1) is 18.0 Å². The molecule has 0 aromatic rings. The van der Waals surface area contributed by atoms with Crippen LogP contribution in [0.4, 0.5) is 4.39 Å². The summed E-state index contributed by atoms with van der Waals surface area (Å²) in [5.41, 5.74) is -0.0205. The van der Waals surface area contributed by atoms with E-state index >= 15 is 0 Å². The number of rotatable bonds is 9. The molecule has 0 spiro atoms. The van der Waals surface area contributed by atoms with Crippen LogP contribution in [0.25, 0.3) is 0 Å². The molecule has 190 valence electrons. The van der Waals surface area contributed by atoms with Crippen molar-refractivity contribution in [3.63, 3.8) is 0 Å². The average molecular weight is 499 g/mol. The molecular weight excluding hydrogens is 463 g/mol. The predicted molar refractivity (Wildman–Crippen MR) is 126 cm³/mol. The van der Waals surface area contributed by atoms with Crippen molar-refractivity contribution in [2.24, 2.45) is 17.8 Å². The molecule has 11 heteroatoms. The topological polar surface area (TPSA) is 119 Å². The number of carbonyl (C=O) groups is 4. The van der Waals surface area contributed by atoms with E-state index in [1.54, 1.807) is 21.0 Å². The third-order valence-corrected chi connectivity index (χ3v) is 8.30. The van der Waals surface area contributed by atoms with Crippen LogP contribution in [0, 0.1) is 17.8 Å². The Kier molecular flexibility index (Phi) is 7.96. The van der Waals surface area contributed by atoms with Gasteiger partial charge in [-0.1, -0.05) is 20.8 Å². The lowest BCUT2D eigenvalue weighted by Crippen LogP contribution is -2.66. The first-order valence-corrected chi connectivity index (χ1v) is 12.6. The fourth-order valence-electron chi connectivity index (χ4n) is 5.09. The average Bonchev–Trinajstić information content (AvgIpc) is 3.29. The van der Waals surface area contributed by atoms with Gasteiger partial charge in [-0.25, -0.2) is 9.18 Å². The van der Waals surface area contributed by atoms with Crippen LogP contribution in [0.1, 0.15) is 40.5 Å². The molecular formula is C23H35FN4O5S. The molecule has 2 fully saturated rings. The second kappa shape index (κ2) is 10.2. The van der Waals surface area contributed by atoms with E-state index in [4.69, 9.17) is 0 Å². The van der Waals surface area contributed by atoms with Gasteiger partial charge in [-0.05, 0) is 25.7 Å². The minimum atomic E-state index is -1.65. The normalized spacial score (nSPS) is 30.2. The number of likely N-dealkylation sites (N-methyl/N-ethyl adjacent to an activating group) is 1. The van der Waals surface area contributed by atoms with Crippen molar-refractivity contribution in [3.05, 3.63) is 10.6 Å². The van der Waals surface area contributed by atoms with Crippen molar-refractivity contribution in [2.75, 3.05) is 20.6 Å². The Hall–Kier alpha value is -2.14. The lowest BCUT2D eigenvalue weighted by Gasteiger charge is -2.47. The Morgan fingerprint density at radius 1 is 1.29 bits per heavy atom. The number of thioether (sulfide) groups is 1. The first-order valence-electron chi connectivity index (χ1n) is 11.7. The van der Waals surface area contributed by atoms with Crippen molar-refractivity contribution < 1.29 is 28.7 Å². The molecule has 3 amide bonds. The van der Waals surface area contributed by atoms with Gasteiger partial charge >= 0.3 is 5.97 Å². The van der Waals surface area contributed by atoms with Gasteiger partial charge in [-0.2, -0.15) is 0 Å². The summed E-state index contributed by atoms with van der Waals surface area (Å²) in [5.74, 6) is -3.17. The van der Waals surface area contributed by atoms with Crippen molar-refractivity contribution in [3.8, 4) is 0 Å². The van der Waals surface area contributed by atoms with E-state index in [0.717, 1.165) is 0 Å². The number of carboxylic acids is 1. The summed E-state index contributed by atoms with van der Waals surface area (Å²) < 4.78 is 14.2. The standard InChI is InChI=1S/C23H35FN4O5S/c1-10(2)7-14(24)20(29)26-12(4)16-17-11(3)19(18(23(32)33)28(17)22(16)31)34-13-8-15(25-9-13)21(30)27(5)6/h10-17,25H,7-9H2,1-6H3,(H,26,29)(H,32,33)/t11-,12-,13+,14?,15+,16-,17-/m1/s1. The largest absolute Gasteiger partial charge is 0.477 e. The van der Waals surface area contributed by atoms with Gasteiger partial charge in [0, 0.05) is 42.8 Å². The summed E-state index contributed by atoms with van der Waals surface area (Å²) in [6, 6.07) is -1.35. The number of nitrogens with one attached hydrogen (secondary N) is 2. The fourth-order valence-corrected chi connectivity index (χ4v) is 6.57. The lowest BCUT2D eigenvalue weighted by molar-refractivity contribution is -0.158. The number of hydrogen-bond donors (Lipinski definition) is 3. The molecule has 9 nitrogen and oxygen atoms in total. The van der Waals surface area contributed by atoms with Crippen LogP contribution in [0.15, 0.2) is 10.6 Å². The highest BCUT2D eigenvalue weighted by Gasteiger charge is 2.60. The maximum Gasteiger partial charge on any atom is 0.353 e. The molecule has 3 N–H and O–H groups in total. The van der Waals surface area contributed by atoms with Gasteiger partial charge in [-0.15, -0.1) is 11.8 Å². The van der Waals surface area contributed by atoms with Gasteiger partial charge in [0.15, 0.2) is 6.17 Å². The summed E-state index contributed by atoms with van der Waals surface area (Å²) in [6.45, 7) is 7.75. The van der Waals surface area contributed by atoms with Crippen LogP contribution >= 0.6 is 11.8 Å². The smallest absolute Gasteiger partial charge is 0.353 e. The molecule has 3 rings (SSSR count). The third kappa shape index (κ3) is 4.95. The molecule has 2 saturated heterocycles. The summed E-state index contributed by atoms with van der Waals surface area (Å²) in [4.78, 5) is 53.1. The fraction of sp³-hybridized carbons (Fsp3) is 0.739. The number of nitrogens with zero attached hydrogens (tertiary/aromatic N) is 2. The van der Waals surface area contributed by atoms with E-state index in [-0.39, 0.29) is 47.1 Å². The monoisotopic (exact) mass is 498 g/mol. The molecule has 3 aliphatic heterocycles. The Morgan fingerprint density at radius 3 is 2.50 bits per heavy atom. The van der Waals surface area contributed by atoms with Crippen molar-refractivity contribution in [2.45, 2.75) is 70.1 Å². The number of alkyl halides is 1. The van der Waals surface area contributed by atoms with E-state index in [1.165, 1.54) is 21.6 Å². The zero-order valence-corrected chi connectivity index (χ0v) is 21.3. The SMILES string of the molecule is CC(C)CC(F)C(=O)N[C@H](C)[C@H]1C(=O)N2C(C(=O)O)=C(S[C@@H]3CN[C@H](C(=O)N(C)C)C3)[C@H](C)[C@H]12. The molecule has 0 radical (unpaired) electrons. The van der Waals surface area contributed by atoms with Crippen LogP contribution in [0.5, 0.6) is 0 Å². The Bertz CT molecular complexity index is 895. The highest BCUT2D eigenvalue weighted by Crippen LogP contribution is 2.51. The van der Waals surface area contributed by atoms with Crippen LogP contribution in [0.3, 0.4) is 0 Å².